The van der Waals surface area contributed by atoms with E-state index in [0.717, 1.165) is 16.9 Å². The van der Waals surface area contributed by atoms with Crippen molar-refractivity contribution in [1.82, 2.24) is 19.7 Å². The zero-order valence-electron chi connectivity index (χ0n) is 13.4. The number of pyridine rings is 1. The van der Waals surface area contributed by atoms with Gasteiger partial charge in [0.05, 0.1) is 11.7 Å². The molecule has 8 heteroatoms. The van der Waals surface area contributed by atoms with Crippen LogP contribution in [0.25, 0.3) is 5.65 Å². The summed E-state index contributed by atoms with van der Waals surface area (Å²) in [5.74, 6) is -1.33. The molecule has 0 fully saturated rings. The van der Waals surface area contributed by atoms with Gasteiger partial charge in [-0.05, 0) is 38.5 Å². The molecule has 1 amide bonds. The highest BCUT2D eigenvalue weighted by Crippen LogP contribution is 2.23. The lowest BCUT2D eigenvalue weighted by Crippen LogP contribution is -2.26. The Labute approximate surface area is 142 Å². The van der Waals surface area contributed by atoms with Crippen LogP contribution in [-0.2, 0) is 0 Å². The summed E-state index contributed by atoms with van der Waals surface area (Å²) >= 11 is 1.07. The van der Waals surface area contributed by atoms with E-state index in [1.165, 1.54) is 0 Å². The van der Waals surface area contributed by atoms with Crippen molar-refractivity contribution in [2.24, 2.45) is 0 Å². The molecule has 3 heterocycles. The lowest BCUT2D eigenvalue weighted by Gasteiger charge is -2.09. The van der Waals surface area contributed by atoms with Gasteiger partial charge in [0.2, 0.25) is 0 Å². The van der Waals surface area contributed by atoms with Crippen LogP contribution in [0, 0.1) is 13.8 Å². The molecule has 3 rings (SSSR count). The number of carbonyl (C=O) groups is 2. The van der Waals surface area contributed by atoms with Gasteiger partial charge in [0.1, 0.15) is 21.2 Å². The number of hydrogen-bond donors (Lipinski definition) is 2. The smallest absolute Gasteiger partial charge is 0.347 e. The van der Waals surface area contributed by atoms with Crippen molar-refractivity contribution in [3.63, 3.8) is 0 Å². The molecule has 0 spiro atoms. The highest BCUT2D eigenvalue weighted by Gasteiger charge is 2.20. The molecule has 1 atom stereocenters. The lowest BCUT2D eigenvalue weighted by atomic mass is 10.3. The molecule has 0 aliphatic carbocycles. The minimum Gasteiger partial charge on any atom is -0.477 e. The number of amides is 1. The van der Waals surface area contributed by atoms with Crippen LogP contribution in [0.3, 0.4) is 0 Å². The third-order valence-electron chi connectivity index (χ3n) is 3.57. The molecule has 0 saturated carbocycles. The molecule has 1 unspecified atom stereocenters. The first-order valence-electron chi connectivity index (χ1n) is 7.32. The van der Waals surface area contributed by atoms with E-state index >= 15 is 0 Å². The van der Waals surface area contributed by atoms with Crippen LogP contribution < -0.4 is 5.32 Å². The predicted molar refractivity (Wildman–Crippen MR) is 89.6 cm³/mol. The van der Waals surface area contributed by atoms with E-state index in [1.807, 2.05) is 25.3 Å². The highest BCUT2D eigenvalue weighted by molar-refractivity contribution is 7.13. The third-order valence-corrected chi connectivity index (χ3v) is 4.90. The molecule has 3 aromatic heterocycles. The summed E-state index contributed by atoms with van der Waals surface area (Å²) in [6, 6.07) is 3.43. The van der Waals surface area contributed by atoms with Gasteiger partial charge in [-0.15, -0.1) is 11.3 Å². The van der Waals surface area contributed by atoms with Crippen LogP contribution >= 0.6 is 11.3 Å². The van der Waals surface area contributed by atoms with E-state index in [2.05, 4.69) is 15.3 Å². The Kier molecular flexibility index (Phi) is 4.06. The van der Waals surface area contributed by atoms with Gasteiger partial charge in [-0.25, -0.2) is 14.8 Å². The Bertz CT molecular complexity index is 944. The fourth-order valence-corrected chi connectivity index (χ4v) is 3.23. The van der Waals surface area contributed by atoms with Gasteiger partial charge >= 0.3 is 5.97 Å². The van der Waals surface area contributed by atoms with E-state index in [0.29, 0.717) is 22.0 Å². The van der Waals surface area contributed by atoms with Crippen LogP contribution in [0.1, 0.15) is 49.4 Å². The van der Waals surface area contributed by atoms with Crippen LogP contribution in [0.2, 0.25) is 0 Å². The fourth-order valence-electron chi connectivity index (χ4n) is 2.33. The van der Waals surface area contributed by atoms with E-state index in [-0.39, 0.29) is 10.8 Å². The number of hydrogen-bond acceptors (Lipinski definition) is 5. The molecule has 0 bridgehead atoms. The fraction of sp³-hybridized carbons (Fsp3) is 0.250. The average Bonchev–Trinajstić information content (AvgIpc) is 3.10. The van der Waals surface area contributed by atoms with Crippen LogP contribution in [0.15, 0.2) is 24.5 Å². The van der Waals surface area contributed by atoms with Gasteiger partial charge in [0.15, 0.2) is 0 Å². The quantitative estimate of drug-likeness (QED) is 0.758. The minimum atomic E-state index is -1.01. The topological polar surface area (TPSA) is 96.6 Å². The Morgan fingerprint density at radius 2 is 2.08 bits per heavy atom. The highest BCUT2D eigenvalue weighted by atomic mass is 32.1. The van der Waals surface area contributed by atoms with Gasteiger partial charge < -0.3 is 14.8 Å². The van der Waals surface area contributed by atoms with Crippen LogP contribution in [0.5, 0.6) is 0 Å². The number of carboxylic acid groups (broad SMARTS) is 1. The summed E-state index contributed by atoms with van der Waals surface area (Å²) in [4.78, 5) is 32.2. The maximum atomic E-state index is 12.4. The summed E-state index contributed by atoms with van der Waals surface area (Å²) < 4.78 is 1.78. The van der Waals surface area contributed by atoms with Gasteiger partial charge in [0, 0.05) is 12.4 Å². The molecule has 0 aromatic carbocycles. The number of thiazole rings is 1. The van der Waals surface area contributed by atoms with Crippen molar-refractivity contribution in [2.45, 2.75) is 26.8 Å². The van der Waals surface area contributed by atoms with Gasteiger partial charge in [-0.1, -0.05) is 0 Å². The summed E-state index contributed by atoms with van der Waals surface area (Å²) in [7, 11) is 0. The predicted octanol–water partition coefficient (Wildman–Crippen LogP) is 2.60. The van der Waals surface area contributed by atoms with Crippen molar-refractivity contribution < 1.29 is 14.7 Å². The van der Waals surface area contributed by atoms with Gasteiger partial charge in [0.25, 0.3) is 5.91 Å². The summed E-state index contributed by atoms with van der Waals surface area (Å²) in [5.41, 5.74) is 2.52. The normalized spacial score (nSPS) is 12.3. The van der Waals surface area contributed by atoms with E-state index < -0.39 is 12.0 Å². The number of nitrogens with one attached hydrogen (secondary N) is 1. The summed E-state index contributed by atoms with van der Waals surface area (Å²) in [5, 5.41) is 12.5. The number of carbonyl (C=O) groups excluding carboxylic acids is 1. The molecular formula is C16H16N4O3S. The monoisotopic (exact) mass is 344 g/mol. The molecule has 0 radical (unpaired) electrons. The maximum absolute atomic E-state index is 12.4. The van der Waals surface area contributed by atoms with Crippen molar-refractivity contribution in [1.29, 1.82) is 0 Å². The Morgan fingerprint density at radius 1 is 1.33 bits per heavy atom. The van der Waals surface area contributed by atoms with Crippen LogP contribution in [0.4, 0.5) is 0 Å². The number of aryl methyl sites for hydroxylation is 2. The zero-order chi connectivity index (χ0) is 17.4. The van der Waals surface area contributed by atoms with Crippen LogP contribution in [-0.4, -0.2) is 31.4 Å². The number of rotatable bonds is 4. The van der Waals surface area contributed by atoms with E-state index in [9.17, 15) is 9.59 Å². The summed E-state index contributed by atoms with van der Waals surface area (Å²) in [6.07, 6.45) is 3.51. The van der Waals surface area contributed by atoms with E-state index in [4.69, 9.17) is 5.11 Å². The number of nitrogens with zero attached hydrogens (tertiary/aromatic N) is 3. The number of imidazole rings is 1. The SMILES string of the molecule is Cc1ccn2cc(C(=O)NC(C)c3nc(C)c(C(=O)O)s3)nc2c1. The van der Waals surface area contributed by atoms with Gasteiger partial charge in [-0.3, -0.25) is 4.79 Å². The first-order chi connectivity index (χ1) is 11.3. The first kappa shape index (κ1) is 16.1. The number of fused-ring (bicyclic) bond motifs is 1. The van der Waals surface area contributed by atoms with E-state index in [1.54, 1.807) is 24.4 Å². The molecular weight excluding hydrogens is 328 g/mol. The Hall–Kier alpha value is -2.74. The number of aromatic nitrogens is 3. The third kappa shape index (κ3) is 3.00. The molecule has 3 aromatic rings. The second-order valence-electron chi connectivity index (χ2n) is 5.56. The molecule has 124 valence electrons. The average molecular weight is 344 g/mol. The van der Waals surface area contributed by atoms with Crippen molar-refractivity contribution in [2.75, 3.05) is 0 Å². The Balaban J connectivity index is 1.80. The number of carboxylic acids is 1. The second-order valence-corrected chi connectivity index (χ2v) is 6.59. The molecule has 24 heavy (non-hydrogen) atoms. The molecule has 0 aliphatic rings. The van der Waals surface area contributed by atoms with Gasteiger partial charge in [-0.2, -0.15) is 0 Å². The molecule has 7 nitrogen and oxygen atoms in total. The molecule has 0 saturated heterocycles. The lowest BCUT2D eigenvalue weighted by molar-refractivity contribution is 0.0701. The Morgan fingerprint density at radius 3 is 2.75 bits per heavy atom. The van der Waals surface area contributed by atoms with Crippen molar-refractivity contribution in [3.8, 4) is 0 Å². The zero-order valence-corrected chi connectivity index (χ0v) is 14.2. The maximum Gasteiger partial charge on any atom is 0.347 e. The van der Waals surface area contributed by atoms with Crippen molar-refractivity contribution in [3.05, 3.63) is 51.4 Å². The number of aromatic carboxylic acids is 1. The molecule has 0 aliphatic heterocycles. The second kappa shape index (κ2) is 6.04. The molecule has 2 N–H and O–H groups in total. The summed E-state index contributed by atoms with van der Waals surface area (Å²) in [6.45, 7) is 5.37. The first-order valence-corrected chi connectivity index (χ1v) is 8.13. The standard InChI is InChI=1S/C16H16N4O3S/c1-8-4-5-20-7-11(19-12(20)6-8)14(21)17-10(3)15-18-9(2)13(24-15)16(22)23/h4-7,10H,1-3H3,(H,17,21)(H,22,23). The largest absolute Gasteiger partial charge is 0.477 e. The minimum absolute atomic E-state index is 0.189. The van der Waals surface area contributed by atoms with Crippen molar-refractivity contribution >= 4 is 28.9 Å².